The van der Waals surface area contributed by atoms with Crippen molar-refractivity contribution in [3.63, 3.8) is 0 Å². The molecule has 0 bridgehead atoms. The van der Waals surface area contributed by atoms with Crippen molar-refractivity contribution in [2.24, 2.45) is 0 Å². The average molecular weight is 475 g/mol. The van der Waals surface area contributed by atoms with E-state index in [1.54, 1.807) is 0 Å². The van der Waals surface area contributed by atoms with Gasteiger partial charge in [-0.15, -0.1) is 0 Å². The van der Waals surface area contributed by atoms with Gasteiger partial charge in [-0.25, -0.2) is 4.98 Å². The lowest BCUT2D eigenvalue weighted by Gasteiger charge is -2.29. The number of Topliss-reactive ketones (excluding diaryl/α,β-unsaturated/α-hetero) is 1. The second-order valence-corrected chi connectivity index (χ2v) is 9.22. The molecule has 3 aromatic rings. The average Bonchev–Trinajstić information content (AvgIpc) is 2.87. The van der Waals surface area contributed by atoms with Gasteiger partial charge < -0.3 is 19.2 Å². The third kappa shape index (κ3) is 5.99. The third-order valence-corrected chi connectivity index (χ3v) is 6.53. The minimum Gasteiger partial charge on any atom is -0.493 e. The largest absolute Gasteiger partial charge is 0.493 e. The van der Waals surface area contributed by atoms with E-state index in [0.717, 1.165) is 58.5 Å². The van der Waals surface area contributed by atoms with Crippen LogP contribution in [0, 0.1) is 6.92 Å². The summed E-state index contributed by atoms with van der Waals surface area (Å²) in [6.07, 6.45) is 3.47. The van der Waals surface area contributed by atoms with Gasteiger partial charge in [0.2, 0.25) is 5.91 Å². The number of fused-ring (bicyclic) bond motifs is 2. The van der Waals surface area contributed by atoms with Crippen molar-refractivity contribution in [2.75, 3.05) is 13.2 Å². The van der Waals surface area contributed by atoms with Crippen LogP contribution in [0.5, 0.6) is 11.5 Å². The lowest BCUT2D eigenvalue weighted by atomic mass is 9.99. The maximum Gasteiger partial charge on any atom is 0.223 e. The molecule has 0 N–H and O–H groups in total. The normalized spacial score (nSPS) is 12.9. The fraction of sp³-hybridized carbons (Fsp3) is 0.414. The Balaban J connectivity index is 1.46. The van der Waals surface area contributed by atoms with Crippen molar-refractivity contribution in [1.29, 1.82) is 0 Å². The molecule has 0 unspecified atom stereocenters. The lowest BCUT2D eigenvalue weighted by molar-refractivity contribution is -0.133. The number of carbonyl (C=O) groups excluding carboxylic acids is 2. The first-order chi connectivity index (χ1) is 17.0. The molecule has 0 fully saturated rings. The van der Waals surface area contributed by atoms with Crippen molar-refractivity contribution in [1.82, 2.24) is 9.88 Å². The molecule has 35 heavy (non-hydrogen) atoms. The molecule has 2 aromatic carbocycles. The van der Waals surface area contributed by atoms with E-state index in [1.165, 1.54) is 12.5 Å². The Morgan fingerprint density at radius 3 is 2.69 bits per heavy atom. The molecule has 1 aliphatic heterocycles. The number of pyridine rings is 1. The van der Waals surface area contributed by atoms with Crippen molar-refractivity contribution in [3.05, 3.63) is 64.8 Å². The first-order valence-electron chi connectivity index (χ1n) is 12.5. The van der Waals surface area contributed by atoms with Crippen molar-refractivity contribution >= 4 is 22.6 Å². The maximum atomic E-state index is 12.4. The summed E-state index contributed by atoms with van der Waals surface area (Å²) in [6.45, 7) is 8.01. The summed E-state index contributed by atoms with van der Waals surface area (Å²) < 4.78 is 12.3. The molecule has 6 heteroatoms. The molecule has 2 heterocycles. The first kappa shape index (κ1) is 24.7. The zero-order valence-corrected chi connectivity index (χ0v) is 20.9. The zero-order valence-electron chi connectivity index (χ0n) is 20.9. The van der Waals surface area contributed by atoms with Crippen LogP contribution in [0.2, 0.25) is 0 Å². The van der Waals surface area contributed by atoms with Crippen molar-refractivity contribution < 1.29 is 19.1 Å². The Hall–Kier alpha value is -3.41. The number of nitrogens with zero attached hydrogens (tertiary/aromatic N) is 2. The Morgan fingerprint density at radius 1 is 1.06 bits per heavy atom. The van der Waals surface area contributed by atoms with Gasteiger partial charge in [-0.2, -0.15) is 0 Å². The minimum atomic E-state index is 0.0426. The number of hydrogen-bond donors (Lipinski definition) is 0. The molecule has 0 atom stereocenters. The van der Waals surface area contributed by atoms with E-state index in [0.29, 0.717) is 32.7 Å². The number of amides is 1. The zero-order chi connectivity index (χ0) is 24.8. The second-order valence-electron chi connectivity index (χ2n) is 9.22. The molecule has 1 amide bonds. The number of ketones is 1. The summed E-state index contributed by atoms with van der Waals surface area (Å²) in [6, 6.07) is 14.1. The highest BCUT2D eigenvalue weighted by atomic mass is 16.5. The molecule has 0 saturated heterocycles. The van der Waals surface area contributed by atoms with Gasteiger partial charge in [0.05, 0.1) is 17.8 Å². The van der Waals surface area contributed by atoms with E-state index in [9.17, 15) is 9.59 Å². The highest BCUT2D eigenvalue weighted by Gasteiger charge is 2.21. The Kier molecular flexibility index (Phi) is 8.01. The molecular weight excluding hydrogens is 440 g/mol. The number of unbranched alkanes of at least 4 members (excludes halogenated alkanes) is 1. The highest BCUT2D eigenvalue weighted by Crippen LogP contribution is 2.32. The lowest BCUT2D eigenvalue weighted by Crippen LogP contribution is -2.36. The van der Waals surface area contributed by atoms with Crippen LogP contribution in [0.25, 0.3) is 10.9 Å². The predicted octanol–water partition coefficient (Wildman–Crippen LogP) is 5.56. The first-order valence-corrected chi connectivity index (χ1v) is 12.5. The highest BCUT2D eigenvalue weighted by molar-refractivity contribution is 5.86. The molecule has 0 spiro atoms. The third-order valence-electron chi connectivity index (χ3n) is 6.53. The molecule has 0 radical (unpaired) electrons. The van der Waals surface area contributed by atoms with Gasteiger partial charge in [-0.05, 0) is 62.1 Å². The molecule has 0 saturated carbocycles. The van der Waals surface area contributed by atoms with Gasteiger partial charge in [0.15, 0.2) is 0 Å². The summed E-state index contributed by atoms with van der Waals surface area (Å²) in [7, 11) is 0. The van der Waals surface area contributed by atoms with Crippen LogP contribution in [-0.2, 0) is 29.2 Å². The van der Waals surface area contributed by atoms with Gasteiger partial charge >= 0.3 is 0 Å². The summed E-state index contributed by atoms with van der Waals surface area (Å²) in [5, 5.41) is 1.03. The van der Waals surface area contributed by atoms with Crippen LogP contribution >= 0.6 is 0 Å². The number of carbonyl (C=O) groups is 2. The second kappa shape index (κ2) is 11.3. The Bertz CT molecular complexity index is 1220. The smallest absolute Gasteiger partial charge is 0.223 e. The Morgan fingerprint density at radius 2 is 1.89 bits per heavy atom. The summed E-state index contributed by atoms with van der Waals surface area (Å²) in [5.41, 5.74) is 5.12. The van der Waals surface area contributed by atoms with E-state index in [4.69, 9.17) is 14.5 Å². The van der Waals surface area contributed by atoms with Gasteiger partial charge in [0, 0.05) is 36.9 Å². The summed E-state index contributed by atoms with van der Waals surface area (Å²) in [5.74, 6) is 1.78. The van der Waals surface area contributed by atoms with Crippen molar-refractivity contribution in [2.45, 2.75) is 66.0 Å². The van der Waals surface area contributed by atoms with Gasteiger partial charge in [0.25, 0.3) is 0 Å². The van der Waals surface area contributed by atoms with Crippen LogP contribution in [-0.4, -0.2) is 34.7 Å². The predicted molar refractivity (Wildman–Crippen MR) is 137 cm³/mol. The van der Waals surface area contributed by atoms with E-state index >= 15 is 0 Å². The quantitative estimate of drug-likeness (QED) is 0.360. The number of ether oxygens (including phenoxy) is 2. The molecule has 6 nitrogen and oxygen atoms in total. The molecule has 184 valence electrons. The SMILES string of the molecule is CCCCOc1c(C)c(COc2ccc3c(c2)CCN(C(=O)CCC(C)=O)C3)nc2ccccc12. The fourth-order valence-electron chi connectivity index (χ4n) is 4.40. The molecule has 1 aliphatic rings. The standard InChI is InChI=1S/C29H34N2O4/c1-4-5-16-34-29-21(3)27(30-26-9-7-6-8-25(26)29)19-35-24-12-11-23-18-31(15-14-22(23)17-24)28(33)13-10-20(2)32/h6-9,11-12,17H,4-5,10,13-16,18-19H2,1-3H3. The molecule has 0 aliphatic carbocycles. The van der Waals surface area contributed by atoms with Gasteiger partial charge in [-0.1, -0.05) is 31.5 Å². The monoisotopic (exact) mass is 474 g/mol. The van der Waals surface area contributed by atoms with E-state index in [-0.39, 0.29) is 18.1 Å². The Labute approximate surface area is 207 Å². The van der Waals surface area contributed by atoms with Crippen LogP contribution in [0.15, 0.2) is 42.5 Å². The number of para-hydroxylation sites is 1. The summed E-state index contributed by atoms with van der Waals surface area (Å²) in [4.78, 5) is 30.3. The number of aromatic nitrogens is 1. The number of rotatable bonds is 10. The number of hydrogen-bond acceptors (Lipinski definition) is 5. The topological polar surface area (TPSA) is 68.7 Å². The van der Waals surface area contributed by atoms with Gasteiger partial charge in [-0.3, -0.25) is 4.79 Å². The minimum absolute atomic E-state index is 0.0426. The van der Waals surface area contributed by atoms with Crippen LogP contribution in [0.3, 0.4) is 0 Å². The fourth-order valence-corrected chi connectivity index (χ4v) is 4.40. The molecule has 4 rings (SSSR count). The maximum absolute atomic E-state index is 12.4. The van der Waals surface area contributed by atoms with Crippen LogP contribution in [0.1, 0.15) is 61.9 Å². The van der Waals surface area contributed by atoms with E-state index < -0.39 is 0 Å². The summed E-state index contributed by atoms with van der Waals surface area (Å²) >= 11 is 0. The van der Waals surface area contributed by atoms with Crippen LogP contribution < -0.4 is 9.47 Å². The van der Waals surface area contributed by atoms with Crippen LogP contribution in [0.4, 0.5) is 0 Å². The molecular formula is C29H34N2O4. The van der Waals surface area contributed by atoms with Gasteiger partial charge in [0.1, 0.15) is 23.9 Å². The number of benzene rings is 2. The molecule has 1 aromatic heterocycles. The van der Waals surface area contributed by atoms with E-state index in [2.05, 4.69) is 19.1 Å². The van der Waals surface area contributed by atoms with Crippen molar-refractivity contribution in [3.8, 4) is 11.5 Å². The van der Waals surface area contributed by atoms with E-state index in [1.807, 2.05) is 42.2 Å².